The van der Waals surface area contributed by atoms with Gasteiger partial charge in [-0.05, 0) is 43.8 Å². The number of nitrogens with one attached hydrogen (secondary N) is 2. The first-order chi connectivity index (χ1) is 12.4. The monoisotopic (exact) mass is 388 g/mol. The maximum absolute atomic E-state index is 5.91. The number of nitrogens with zero attached hydrogens (tertiary/aromatic N) is 4. The molecule has 0 atom stereocenters. The van der Waals surface area contributed by atoms with E-state index in [1.54, 1.807) is 0 Å². The summed E-state index contributed by atoms with van der Waals surface area (Å²) in [7, 11) is 1.94. The average Bonchev–Trinajstić information content (AvgIpc) is 3.12. The first-order valence-electron chi connectivity index (χ1n) is 8.24. The number of aryl methyl sites for hydroxylation is 2. The van der Waals surface area contributed by atoms with Crippen molar-refractivity contribution in [2.24, 2.45) is 7.05 Å². The van der Waals surface area contributed by atoms with Gasteiger partial charge in [0.05, 0.1) is 12.2 Å². The second-order valence-corrected chi connectivity index (χ2v) is 6.95. The molecule has 2 heterocycles. The number of hydrogen-bond donors (Lipinski definition) is 2. The molecule has 0 aliphatic heterocycles. The van der Waals surface area contributed by atoms with E-state index >= 15 is 0 Å². The van der Waals surface area contributed by atoms with Gasteiger partial charge < -0.3 is 10.6 Å². The van der Waals surface area contributed by atoms with Gasteiger partial charge in [0, 0.05) is 42.1 Å². The fourth-order valence-corrected chi connectivity index (χ4v) is 3.00. The molecule has 6 nitrogen and oxygen atoms in total. The van der Waals surface area contributed by atoms with Crippen LogP contribution in [-0.2, 0) is 20.1 Å². The summed E-state index contributed by atoms with van der Waals surface area (Å²) in [4.78, 5) is 0. The number of anilines is 1. The molecule has 0 unspecified atom stereocenters. The second kappa shape index (κ2) is 7.88. The third-order valence-electron chi connectivity index (χ3n) is 4.22. The van der Waals surface area contributed by atoms with Crippen molar-refractivity contribution in [2.75, 3.05) is 5.32 Å². The molecule has 0 fully saturated rings. The predicted octanol–water partition coefficient (Wildman–Crippen LogP) is 3.42. The van der Waals surface area contributed by atoms with Crippen molar-refractivity contribution in [1.29, 1.82) is 0 Å². The zero-order chi connectivity index (χ0) is 18.7. The summed E-state index contributed by atoms with van der Waals surface area (Å²) >= 11 is 11.3. The summed E-state index contributed by atoms with van der Waals surface area (Å²) in [6.45, 7) is 5.35. The molecular weight excluding hydrogens is 368 g/mol. The van der Waals surface area contributed by atoms with Crippen LogP contribution < -0.4 is 10.6 Å². The van der Waals surface area contributed by atoms with E-state index in [0.29, 0.717) is 24.0 Å². The third kappa shape index (κ3) is 4.42. The lowest BCUT2D eigenvalue weighted by atomic mass is 10.2. The molecule has 0 spiro atoms. The van der Waals surface area contributed by atoms with E-state index in [2.05, 4.69) is 20.8 Å². The number of rotatable bonds is 5. The highest BCUT2D eigenvalue weighted by molar-refractivity contribution is 7.80. The van der Waals surface area contributed by atoms with Crippen LogP contribution in [0, 0.1) is 13.8 Å². The van der Waals surface area contributed by atoms with Gasteiger partial charge in [-0.3, -0.25) is 9.36 Å². The molecule has 0 amide bonds. The Labute approximate surface area is 163 Å². The van der Waals surface area contributed by atoms with Gasteiger partial charge in [0.1, 0.15) is 0 Å². The minimum Gasteiger partial charge on any atom is -0.358 e. The quantitative estimate of drug-likeness (QED) is 0.656. The maximum Gasteiger partial charge on any atom is 0.172 e. The second-order valence-electron chi connectivity index (χ2n) is 6.11. The number of aromatic nitrogens is 4. The van der Waals surface area contributed by atoms with Crippen LogP contribution in [0.15, 0.2) is 36.5 Å². The van der Waals surface area contributed by atoms with Crippen LogP contribution in [0.1, 0.15) is 22.5 Å². The summed E-state index contributed by atoms with van der Waals surface area (Å²) in [6, 6.07) is 9.62. The first kappa shape index (κ1) is 18.4. The smallest absolute Gasteiger partial charge is 0.172 e. The molecule has 3 rings (SSSR count). The van der Waals surface area contributed by atoms with E-state index in [1.165, 1.54) is 0 Å². The van der Waals surface area contributed by atoms with Gasteiger partial charge >= 0.3 is 0 Å². The van der Waals surface area contributed by atoms with Crippen LogP contribution >= 0.6 is 23.8 Å². The van der Waals surface area contributed by atoms with Gasteiger partial charge in [-0.15, -0.1) is 0 Å². The minimum absolute atomic E-state index is 0.532. The maximum atomic E-state index is 5.91. The highest BCUT2D eigenvalue weighted by Crippen LogP contribution is 2.13. The van der Waals surface area contributed by atoms with E-state index in [0.717, 1.165) is 27.5 Å². The fourth-order valence-electron chi connectivity index (χ4n) is 2.70. The molecule has 0 saturated heterocycles. The Morgan fingerprint density at radius 3 is 2.54 bits per heavy atom. The fraction of sp³-hybridized carbons (Fsp3) is 0.278. The number of thiocarbonyl (C=S) groups is 1. The van der Waals surface area contributed by atoms with Crippen molar-refractivity contribution in [3.05, 3.63) is 64.1 Å². The predicted molar refractivity (Wildman–Crippen MR) is 109 cm³/mol. The molecule has 0 aliphatic rings. The van der Waals surface area contributed by atoms with E-state index in [4.69, 9.17) is 23.8 Å². The highest BCUT2D eigenvalue weighted by atomic mass is 35.5. The Balaban J connectivity index is 1.55. The summed E-state index contributed by atoms with van der Waals surface area (Å²) < 4.78 is 3.73. The van der Waals surface area contributed by atoms with Crippen LogP contribution in [0.25, 0.3) is 0 Å². The van der Waals surface area contributed by atoms with Crippen molar-refractivity contribution in [1.82, 2.24) is 24.9 Å². The topological polar surface area (TPSA) is 59.7 Å². The molecule has 0 aliphatic carbocycles. The lowest BCUT2D eigenvalue weighted by Gasteiger charge is -2.09. The Hall–Kier alpha value is -2.38. The van der Waals surface area contributed by atoms with Crippen molar-refractivity contribution in [3.63, 3.8) is 0 Å². The minimum atomic E-state index is 0.532. The molecule has 136 valence electrons. The number of benzene rings is 1. The molecule has 26 heavy (non-hydrogen) atoms. The van der Waals surface area contributed by atoms with Crippen LogP contribution in [0.5, 0.6) is 0 Å². The first-order valence-corrected chi connectivity index (χ1v) is 9.03. The van der Waals surface area contributed by atoms with Gasteiger partial charge in [0.25, 0.3) is 0 Å². The van der Waals surface area contributed by atoms with Crippen molar-refractivity contribution in [2.45, 2.75) is 26.9 Å². The highest BCUT2D eigenvalue weighted by Gasteiger charge is 2.10. The molecule has 0 radical (unpaired) electrons. The average molecular weight is 389 g/mol. The Bertz CT molecular complexity index is 912. The largest absolute Gasteiger partial charge is 0.358 e. The Kier molecular flexibility index (Phi) is 5.58. The Morgan fingerprint density at radius 1 is 1.15 bits per heavy atom. The molecule has 2 N–H and O–H groups in total. The molecule has 0 bridgehead atoms. The van der Waals surface area contributed by atoms with E-state index < -0.39 is 0 Å². The van der Waals surface area contributed by atoms with Crippen LogP contribution in [0.3, 0.4) is 0 Å². The van der Waals surface area contributed by atoms with Crippen molar-refractivity contribution < 1.29 is 0 Å². The molecule has 3 aromatic rings. The van der Waals surface area contributed by atoms with Gasteiger partial charge in [0.2, 0.25) is 0 Å². The van der Waals surface area contributed by atoms with Crippen LogP contribution in [-0.4, -0.2) is 24.7 Å². The van der Waals surface area contributed by atoms with Crippen molar-refractivity contribution >= 4 is 34.7 Å². The van der Waals surface area contributed by atoms with Crippen LogP contribution in [0.4, 0.5) is 5.82 Å². The zero-order valence-corrected chi connectivity index (χ0v) is 16.5. The third-order valence-corrected chi connectivity index (χ3v) is 4.72. The normalized spacial score (nSPS) is 10.8. The molecule has 2 aromatic heterocycles. The number of hydrogen-bond acceptors (Lipinski definition) is 3. The zero-order valence-electron chi connectivity index (χ0n) is 15.0. The summed E-state index contributed by atoms with van der Waals surface area (Å²) in [6.07, 6.45) is 1.91. The summed E-state index contributed by atoms with van der Waals surface area (Å²) in [5.41, 5.74) is 4.43. The van der Waals surface area contributed by atoms with Crippen LogP contribution in [0.2, 0.25) is 5.02 Å². The molecule has 8 heteroatoms. The summed E-state index contributed by atoms with van der Waals surface area (Å²) in [5, 5.41) is 16.5. The lowest BCUT2D eigenvalue weighted by Crippen LogP contribution is -2.28. The van der Waals surface area contributed by atoms with Gasteiger partial charge in [-0.2, -0.15) is 10.2 Å². The SMILES string of the molecule is Cc1nn(C)c(C)c1CNC(=S)Nc1ccn(Cc2ccc(Cl)cc2)n1. The van der Waals surface area contributed by atoms with Crippen molar-refractivity contribution in [3.8, 4) is 0 Å². The van der Waals surface area contributed by atoms with Gasteiger partial charge in [0.15, 0.2) is 10.9 Å². The van der Waals surface area contributed by atoms with Gasteiger partial charge in [-0.25, -0.2) is 0 Å². The van der Waals surface area contributed by atoms with E-state index in [9.17, 15) is 0 Å². The number of halogens is 1. The lowest BCUT2D eigenvalue weighted by molar-refractivity contribution is 0.690. The molecule has 1 aromatic carbocycles. The molecule has 0 saturated carbocycles. The standard InChI is InChI=1S/C18H21ClN6S/c1-12-16(13(2)24(3)22-12)10-20-18(26)21-17-8-9-25(23-17)11-14-4-6-15(19)7-5-14/h4-9H,10-11H2,1-3H3,(H2,20,21,23,26). The summed E-state index contributed by atoms with van der Waals surface area (Å²) in [5.74, 6) is 0.705. The van der Waals surface area contributed by atoms with E-state index in [-0.39, 0.29) is 0 Å². The van der Waals surface area contributed by atoms with Gasteiger partial charge in [-0.1, -0.05) is 23.7 Å². The molecular formula is C18H21ClN6S. The van der Waals surface area contributed by atoms with E-state index in [1.807, 2.05) is 66.8 Å². The Morgan fingerprint density at radius 2 is 1.88 bits per heavy atom.